The monoisotopic (exact) mass is 281 g/mol. The average Bonchev–Trinajstić information content (AvgIpc) is 2.26. The molecule has 0 aromatic carbocycles. The van der Waals surface area contributed by atoms with Crippen molar-refractivity contribution < 1.29 is 18.4 Å². The molecule has 0 aromatic rings. The molecule has 0 aliphatic rings. The number of hydrogen-bond donors (Lipinski definition) is 3. The highest BCUT2D eigenvalue weighted by Gasteiger charge is 2.17. The molecule has 0 saturated carbocycles. The molecule has 18 heavy (non-hydrogen) atoms. The van der Waals surface area contributed by atoms with Crippen molar-refractivity contribution in [1.82, 2.24) is 4.72 Å². The van der Waals surface area contributed by atoms with E-state index in [1.54, 1.807) is 0 Å². The van der Waals surface area contributed by atoms with Crippen LogP contribution in [0.4, 0.5) is 0 Å². The van der Waals surface area contributed by atoms with Crippen molar-refractivity contribution >= 4 is 15.9 Å². The fourth-order valence-electron chi connectivity index (χ4n) is 1.27. The standard InChI is InChI=1S/C10H23N3O4S/c1-4-9(7-10(11)12-14)13-18(15,16)6-5-17-8(2)3/h8-9,13-14H,4-7H2,1-3H3,(H2,11,12). The number of nitrogens with two attached hydrogens (primary N) is 1. The predicted molar refractivity (Wildman–Crippen MR) is 70.1 cm³/mol. The van der Waals surface area contributed by atoms with Gasteiger partial charge in [0.15, 0.2) is 0 Å². The fraction of sp³-hybridized carbons (Fsp3) is 0.900. The van der Waals surface area contributed by atoms with Crippen molar-refractivity contribution in [2.24, 2.45) is 10.9 Å². The van der Waals surface area contributed by atoms with E-state index < -0.39 is 10.0 Å². The Morgan fingerprint density at radius 2 is 2.11 bits per heavy atom. The molecule has 1 atom stereocenters. The number of amidine groups is 1. The van der Waals surface area contributed by atoms with Crippen LogP contribution in [0.3, 0.4) is 0 Å². The molecule has 8 heteroatoms. The Morgan fingerprint density at radius 3 is 2.56 bits per heavy atom. The number of nitrogens with zero attached hydrogens (tertiary/aromatic N) is 1. The summed E-state index contributed by atoms with van der Waals surface area (Å²) in [4.78, 5) is 0. The topological polar surface area (TPSA) is 114 Å². The average molecular weight is 281 g/mol. The van der Waals surface area contributed by atoms with E-state index in [4.69, 9.17) is 15.7 Å². The molecule has 0 heterocycles. The van der Waals surface area contributed by atoms with Gasteiger partial charge in [-0.05, 0) is 20.3 Å². The Bertz CT molecular complexity index is 354. The fourth-order valence-corrected chi connectivity index (χ4v) is 2.46. The van der Waals surface area contributed by atoms with Gasteiger partial charge in [0.1, 0.15) is 5.84 Å². The molecule has 4 N–H and O–H groups in total. The summed E-state index contributed by atoms with van der Waals surface area (Å²) >= 11 is 0. The van der Waals surface area contributed by atoms with E-state index in [0.29, 0.717) is 6.42 Å². The molecular weight excluding hydrogens is 258 g/mol. The smallest absolute Gasteiger partial charge is 0.214 e. The summed E-state index contributed by atoms with van der Waals surface area (Å²) in [5.41, 5.74) is 5.35. The molecule has 0 saturated heterocycles. The first-order valence-electron chi connectivity index (χ1n) is 5.88. The lowest BCUT2D eigenvalue weighted by atomic mass is 10.1. The summed E-state index contributed by atoms with van der Waals surface area (Å²) in [5.74, 6) is -0.0966. The summed E-state index contributed by atoms with van der Waals surface area (Å²) in [5, 5.41) is 11.3. The zero-order valence-electron chi connectivity index (χ0n) is 11.1. The third kappa shape index (κ3) is 8.26. The molecular formula is C10H23N3O4S. The number of rotatable bonds is 9. The lowest BCUT2D eigenvalue weighted by Gasteiger charge is -2.16. The molecule has 0 aliphatic carbocycles. The summed E-state index contributed by atoms with van der Waals surface area (Å²) in [6, 6.07) is -0.370. The van der Waals surface area contributed by atoms with Gasteiger partial charge in [0, 0.05) is 12.5 Å². The molecule has 0 aliphatic heterocycles. The molecule has 7 nitrogen and oxygen atoms in total. The van der Waals surface area contributed by atoms with E-state index in [1.165, 1.54) is 0 Å². The Labute approximate surface area is 108 Å². The SMILES string of the molecule is CCC(CC(N)=NO)NS(=O)(=O)CCOC(C)C. The maximum atomic E-state index is 11.7. The minimum Gasteiger partial charge on any atom is -0.409 e. The van der Waals surface area contributed by atoms with Gasteiger partial charge in [-0.2, -0.15) is 0 Å². The Balaban J connectivity index is 4.27. The molecule has 108 valence electrons. The van der Waals surface area contributed by atoms with Gasteiger partial charge in [-0.1, -0.05) is 12.1 Å². The Hall–Kier alpha value is -0.860. The van der Waals surface area contributed by atoms with Crippen molar-refractivity contribution in [3.8, 4) is 0 Å². The molecule has 0 radical (unpaired) electrons. The first kappa shape index (κ1) is 17.1. The van der Waals surface area contributed by atoms with Crippen LogP contribution in [0.25, 0.3) is 0 Å². The van der Waals surface area contributed by atoms with Crippen molar-refractivity contribution in [2.45, 2.75) is 45.8 Å². The quantitative estimate of drug-likeness (QED) is 0.242. The second-order valence-corrected chi connectivity index (χ2v) is 6.13. The van der Waals surface area contributed by atoms with Crippen molar-refractivity contribution in [1.29, 1.82) is 0 Å². The maximum Gasteiger partial charge on any atom is 0.214 e. The van der Waals surface area contributed by atoms with E-state index in [2.05, 4.69) is 9.88 Å². The van der Waals surface area contributed by atoms with Gasteiger partial charge < -0.3 is 15.7 Å². The van der Waals surface area contributed by atoms with Gasteiger partial charge in [0.25, 0.3) is 0 Å². The summed E-state index contributed by atoms with van der Waals surface area (Å²) in [6.45, 7) is 5.65. The van der Waals surface area contributed by atoms with Gasteiger partial charge in [-0.15, -0.1) is 0 Å². The second kappa shape index (κ2) is 8.28. The van der Waals surface area contributed by atoms with Crippen LogP contribution < -0.4 is 10.5 Å². The number of oxime groups is 1. The van der Waals surface area contributed by atoms with Crippen molar-refractivity contribution in [2.75, 3.05) is 12.4 Å². The highest BCUT2D eigenvalue weighted by molar-refractivity contribution is 7.89. The van der Waals surface area contributed by atoms with Crippen LogP contribution in [0, 0.1) is 0 Å². The van der Waals surface area contributed by atoms with Gasteiger partial charge in [-0.25, -0.2) is 13.1 Å². The van der Waals surface area contributed by atoms with Gasteiger partial charge in [0.05, 0.1) is 18.5 Å². The third-order valence-electron chi connectivity index (χ3n) is 2.23. The normalized spacial score (nSPS) is 15.0. The third-order valence-corrected chi connectivity index (χ3v) is 3.62. The molecule has 0 rings (SSSR count). The first-order valence-corrected chi connectivity index (χ1v) is 7.54. The Kier molecular flexibility index (Phi) is 7.88. The van der Waals surface area contributed by atoms with Crippen LogP contribution in [0.1, 0.15) is 33.6 Å². The minimum atomic E-state index is -3.41. The van der Waals surface area contributed by atoms with E-state index in [1.807, 2.05) is 20.8 Å². The van der Waals surface area contributed by atoms with Crippen LogP contribution in [-0.2, 0) is 14.8 Å². The maximum absolute atomic E-state index is 11.7. The summed E-state index contributed by atoms with van der Waals surface area (Å²) in [7, 11) is -3.41. The van der Waals surface area contributed by atoms with Crippen LogP contribution in [0.5, 0.6) is 0 Å². The molecule has 0 spiro atoms. The van der Waals surface area contributed by atoms with Gasteiger partial charge in [0.2, 0.25) is 10.0 Å². The highest BCUT2D eigenvalue weighted by Crippen LogP contribution is 2.01. The van der Waals surface area contributed by atoms with Crippen LogP contribution in [0.15, 0.2) is 5.16 Å². The van der Waals surface area contributed by atoms with Crippen LogP contribution in [0.2, 0.25) is 0 Å². The molecule has 0 bridgehead atoms. The number of hydrogen-bond acceptors (Lipinski definition) is 5. The minimum absolute atomic E-state index is 0.000612. The molecule has 1 unspecified atom stereocenters. The van der Waals surface area contributed by atoms with Crippen molar-refractivity contribution in [3.63, 3.8) is 0 Å². The number of sulfonamides is 1. The number of ether oxygens (including phenoxy) is 1. The van der Waals surface area contributed by atoms with Gasteiger partial charge in [-0.3, -0.25) is 0 Å². The lowest BCUT2D eigenvalue weighted by molar-refractivity contribution is 0.0911. The summed E-state index contributed by atoms with van der Waals surface area (Å²) < 4.78 is 31.1. The second-order valence-electron chi connectivity index (χ2n) is 4.26. The highest BCUT2D eigenvalue weighted by atomic mass is 32.2. The molecule has 0 aromatic heterocycles. The molecule has 0 fully saturated rings. The zero-order chi connectivity index (χ0) is 14.2. The zero-order valence-corrected chi connectivity index (χ0v) is 11.9. The number of nitrogens with one attached hydrogen (secondary N) is 1. The Morgan fingerprint density at radius 1 is 1.50 bits per heavy atom. The van der Waals surface area contributed by atoms with Crippen molar-refractivity contribution in [3.05, 3.63) is 0 Å². The predicted octanol–water partition coefficient (Wildman–Crippen LogP) is 0.246. The van der Waals surface area contributed by atoms with E-state index in [-0.39, 0.29) is 36.8 Å². The van der Waals surface area contributed by atoms with E-state index >= 15 is 0 Å². The first-order chi connectivity index (χ1) is 8.30. The largest absolute Gasteiger partial charge is 0.409 e. The molecule has 0 amide bonds. The van der Waals surface area contributed by atoms with E-state index in [9.17, 15) is 8.42 Å². The van der Waals surface area contributed by atoms with E-state index in [0.717, 1.165) is 0 Å². The van der Waals surface area contributed by atoms with Crippen LogP contribution in [-0.4, -0.2) is 44.0 Å². The van der Waals surface area contributed by atoms with Gasteiger partial charge >= 0.3 is 0 Å². The lowest BCUT2D eigenvalue weighted by Crippen LogP contribution is -2.39. The van der Waals surface area contributed by atoms with Crippen LogP contribution >= 0.6 is 0 Å². The summed E-state index contributed by atoms with van der Waals surface area (Å²) in [6.07, 6.45) is 0.733.